The Morgan fingerprint density at radius 1 is 1.26 bits per heavy atom. The highest BCUT2D eigenvalue weighted by Crippen LogP contribution is 2.11. The molecule has 118 valence electrons. The van der Waals surface area contributed by atoms with Gasteiger partial charge in [0.1, 0.15) is 19.0 Å². The summed E-state index contributed by atoms with van der Waals surface area (Å²) < 4.78 is 5.42. The summed E-state index contributed by atoms with van der Waals surface area (Å²) >= 11 is 0. The number of aromatic amines is 1. The molecule has 6 heteroatoms. The molecule has 0 radical (unpaired) electrons. The first kappa shape index (κ1) is 15.2. The number of hydrogen-bond donors (Lipinski definition) is 2. The lowest BCUT2D eigenvalue weighted by molar-refractivity contribution is -0.126. The summed E-state index contributed by atoms with van der Waals surface area (Å²) in [6.07, 6.45) is 1.70. The molecule has 1 aromatic carbocycles. The quantitative estimate of drug-likeness (QED) is 0.732. The Morgan fingerprint density at radius 3 is 2.87 bits per heavy atom. The van der Waals surface area contributed by atoms with Crippen molar-refractivity contribution < 1.29 is 9.53 Å². The standard InChI is InChI=1S/C17H18N4O2/c1-12(13-6-4-5-9-18-13)19-17(22)11-23-10-16-20-14-7-2-3-8-15(14)21-16/h2-9,12H,10-11H2,1H3,(H,19,22)(H,20,21)/t12-/m1/s1. The Bertz CT molecular complexity index is 752. The van der Waals surface area contributed by atoms with E-state index in [2.05, 4.69) is 20.3 Å². The van der Waals surface area contributed by atoms with Gasteiger partial charge in [-0.05, 0) is 31.2 Å². The monoisotopic (exact) mass is 310 g/mol. The van der Waals surface area contributed by atoms with Gasteiger partial charge in [0.25, 0.3) is 0 Å². The normalized spacial score (nSPS) is 12.2. The summed E-state index contributed by atoms with van der Waals surface area (Å²) in [5.41, 5.74) is 2.66. The van der Waals surface area contributed by atoms with Crippen molar-refractivity contribution in [2.45, 2.75) is 19.6 Å². The number of fused-ring (bicyclic) bond motifs is 1. The Morgan fingerprint density at radius 2 is 2.09 bits per heavy atom. The molecule has 3 aromatic rings. The van der Waals surface area contributed by atoms with Gasteiger partial charge in [0.15, 0.2) is 0 Å². The van der Waals surface area contributed by atoms with Crippen molar-refractivity contribution in [3.63, 3.8) is 0 Å². The van der Waals surface area contributed by atoms with Crippen LogP contribution in [0.5, 0.6) is 0 Å². The lowest BCUT2D eigenvalue weighted by Gasteiger charge is -2.13. The van der Waals surface area contributed by atoms with Gasteiger partial charge >= 0.3 is 0 Å². The second kappa shape index (κ2) is 7.02. The minimum atomic E-state index is -0.181. The minimum absolute atomic E-state index is 0.0196. The summed E-state index contributed by atoms with van der Waals surface area (Å²) in [5.74, 6) is 0.524. The molecule has 2 N–H and O–H groups in total. The van der Waals surface area contributed by atoms with Crippen LogP contribution in [0.2, 0.25) is 0 Å². The lowest BCUT2D eigenvalue weighted by atomic mass is 10.2. The van der Waals surface area contributed by atoms with Crippen LogP contribution in [0.15, 0.2) is 48.7 Å². The third kappa shape index (κ3) is 3.92. The molecule has 1 atom stereocenters. The first-order valence-electron chi connectivity index (χ1n) is 7.44. The van der Waals surface area contributed by atoms with Crippen molar-refractivity contribution in [1.82, 2.24) is 20.3 Å². The molecule has 0 bridgehead atoms. The number of rotatable bonds is 6. The first-order valence-corrected chi connectivity index (χ1v) is 7.44. The smallest absolute Gasteiger partial charge is 0.246 e. The number of carbonyl (C=O) groups excluding carboxylic acids is 1. The number of H-pyrrole nitrogens is 1. The van der Waals surface area contributed by atoms with E-state index < -0.39 is 0 Å². The van der Waals surface area contributed by atoms with Gasteiger partial charge in [-0.25, -0.2) is 4.98 Å². The summed E-state index contributed by atoms with van der Waals surface area (Å²) in [4.78, 5) is 23.7. The van der Waals surface area contributed by atoms with Crippen LogP contribution in [0.3, 0.4) is 0 Å². The highest BCUT2D eigenvalue weighted by molar-refractivity contribution is 5.77. The number of imidazole rings is 1. The minimum Gasteiger partial charge on any atom is -0.364 e. The van der Waals surface area contributed by atoms with Gasteiger partial charge in [-0.15, -0.1) is 0 Å². The predicted octanol–water partition coefficient (Wildman–Crippen LogP) is 2.35. The maximum atomic E-state index is 11.9. The summed E-state index contributed by atoms with van der Waals surface area (Å²) in [5, 5.41) is 2.85. The van der Waals surface area contributed by atoms with Crippen molar-refractivity contribution in [3.05, 3.63) is 60.2 Å². The van der Waals surface area contributed by atoms with E-state index in [4.69, 9.17) is 4.74 Å². The maximum absolute atomic E-state index is 11.9. The predicted molar refractivity (Wildman–Crippen MR) is 86.5 cm³/mol. The molecule has 0 aliphatic heterocycles. The van der Waals surface area contributed by atoms with Crippen molar-refractivity contribution >= 4 is 16.9 Å². The topological polar surface area (TPSA) is 79.9 Å². The molecule has 0 aliphatic carbocycles. The molecule has 0 saturated carbocycles. The summed E-state index contributed by atoms with van der Waals surface area (Å²) in [7, 11) is 0. The number of carbonyl (C=O) groups is 1. The third-order valence-electron chi connectivity index (χ3n) is 3.42. The first-order chi connectivity index (χ1) is 11.2. The van der Waals surface area contributed by atoms with Crippen molar-refractivity contribution in [2.75, 3.05) is 6.61 Å². The van der Waals surface area contributed by atoms with Gasteiger partial charge in [-0.2, -0.15) is 0 Å². The van der Waals surface area contributed by atoms with Gasteiger partial charge in [0.2, 0.25) is 5.91 Å². The molecule has 2 aromatic heterocycles. The highest BCUT2D eigenvalue weighted by atomic mass is 16.5. The fourth-order valence-corrected chi connectivity index (χ4v) is 2.30. The zero-order valence-corrected chi connectivity index (χ0v) is 12.8. The number of para-hydroxylation sites is 2. The van der Waals surface area contributed by atoms with E-state index in [9.17, 15) is 4.79 Å². The van der Waals surface area contributed by atoms with Crippen LogP contribution in [-0.4, -0.2) is 27.5 Å². The Balaban J connectivity index is 1.47. The third-order valence-corrected chi connectivity index (χ3v) is 3.42. The van der Waals surface area contributed by atoms with Gasteiger partial charge in [-0.3, -0.25) is 9.78 Å². The van der Waals surface area contributed by atoms with E-state index in [0.717, 1.165) is 16.7 Å². The number of pyridine rings is 1. The molecule has 0 spiro atoms. The Labute approximate surface area is 133 Å². The number of aromatic nitrogens is 3. The molecule has 23 heavy (non-hydrogen) atoms. The number of benzene rings is 1. The van der Waals surface area contributed by atoms with Crippen LogP contribution >= 0.6 is 0 Å². The van der Waals surface area contributed by atoms with Gasteiger partial charge in [-0.1, -0.05) is 18.2 Å². The molecule has 3 rings (SSSR count). The molecule has 0 fully saturated rings. The zero-order valence-electron chi connectivity index (χ0n) is 12.8. The number of nitrogens with one attached hydrogen (secondary N) is 2. The van der Waals surface area contributed by atoms with Crippen LogP contribution in [0, 0.1) is 0 Å². The molecule has 6 nitrogen and oxygen atoms in total. The lowest BCUT2D eigenvalue weighted by Crippen LogP contribution is -2.30. The molecular weight excluding hydrogens is 292 g/mol. The average Bonchev–Trinajstić information content (AvgIpc) is 2.98. The maximum Gasteiger partial charge on any atom is 0.246 e. The highest BCUT2D eigenvalue weighted by Gasteiger charge is 2.10. The van der Waals surface area contributed by atoms with Crippen molar-refractivity contribution in [1.29, 1.82) is 0 Å². The van der Waals surface area contributed by atoms with Crippen molar-refractivity contribution in [3.8, 4) is 0 Å². The van der Waals surface area contributed by atoms with Crippen LogP contribution in [0.1, 0.15) is 24.5 Å². The Hall–Kier alpha value is -2.73. The van der Waals surface area contributed by atoms with Gasteiger partial charge in [0.05, 0.1) is 22.8 Å². The van der Waals surface area contributed by atoms with Gasteiger partial charge < -0.3 is 15.0 Å². The molecule has 2 heterocycles. The van der Waals surface area contributed by atoms with Crippen molar-refractivity contribution in [2.24, 2.45) is 0 Å². The van der Waals surface area contributed by atoms with Crippen LogP contribution in [0.25, 0.3) is 11.0 Å². The zero-order chi connectivity index (χ0) is 16.1. The van der Waals surface area contributed by atoms with E-state index >= 15 is 0 Å². The number of hydrogen-bond acceptors (Lipinski definition) is 4. The van der Waals surface area contributed by atoms with E-state index in [1.54, 1.807) is 6.20 Å². The number of ether oxygens (including phenoxy) is 1. The average molecular weight is 310 g/mol. The van der Waals surface area contributed by atoms with Gasteiger partial charge in [0, 0.05) is 6.20 Å². The van der Waals surface area contributed by atoms with E-state index in [-0.39, 0.29) is 25.2 Å². The molecule has 1 amide bonds. The molecule has 0 saturated heterocycles. The van der Waals surface area contributed by atoms with E-state index in [1.807, 2.05) is 49.4 Å². The fourth-order valence-electron chi connectivity index (χ4n) is 2.30. The SMILES string of the molecule is C[C@@H](NC(=O)COCc1nc2ccccc2[nH]1)c1ccccn1. The fraction of sp³-hybridized carbons (Fsp3) is 0.235. The van der Waals surface area contributed by atoms with Crippen LogP contribution in [0.4, 0.5) is 0 Å². The largest absolute Gasteiger partial charge is 0.364 e. The number of amides is 1. The second-order valence-corrected chi connectivity index (χ2v) is 5.24. The van der Waals surface area contributed by atoms with E-state index in [1.165, 1.54) is 0 Å². The second-order valence-electron chi connectivity index (χ2n) is 5.24. The number of nitrogens with zero attached hydrogens (tertiary/aromatic N) is 2. The summed E-state index contributed by atoms with van der Waals surface area (Å²) in [6.45, 7) is 2.13. The van der Waals surface area contributed by atoms with E-state index in [0.29, 0.717) is 5.82 Å². The molecule has 0 unspecified atom stereocenters. The van der Waals surface area contributed by atoms with Crippen LogP contribution in [-0.2, 0) is 16.1 Å². The molecular formula is C17H18N4O2. The van der Waals surface area contributed by atoms with Crippen LogP contribution < -0.4 is 5.32 Å². The molecule has 0 aliphatic rings. The Kier molecular flexibility index (Phi) is 4.63. The summed E-state index contributed by atoms with van der Waals surface area (Å²) in [6, 6.07) is 13.2.